The lowest BCUT2D eigenvalue weighted by Crippen LogP contribution is -2.29. The van der Waals surface area contributed by atoms with E-state index in [1.807, 2.05) is 32.0 Å². The molecule has 5 heteroatoms. The van der Waals surface area contributed by atoms with Gasteiger partial charge in [-0.05, 0) is 61.9 Å². The van der Waals surface area contributed by atoms with Crippen molar-refractivity contribution in [3.8, 4) is 11.8 Å². The van der Waals surface area contributed by atoms with Crippen LogP contribution in [-0.4, -0.2) is 15.0 Å². The first kappa shape index (κ1) is 18.6. The van der Waals surface area contributed by atoms with E-state index < -0.39 is 10.0 Å². The molecular formula is C21H21NO2S2. The quantitative estimate of drug-likeness (QED) is 0.569. The number of hydrogen-bond donors (Lipinski definition) is 0. The third-order valence-electron chi connectivity index (χ3n) is 4.53. The van der Waals surface area contributed by atoms with Crippen LogP contribution in [0.3, 0.4) is 0 Å². The number of hydrogen-bond acceptors (Lipinski definition) is 3. The van der Waals surface area contributed by atoms with Crippen molar-refractivity contribution in [3.63, 3.8) is 0 Å². The Hall–Kier alpha value is -2.16. The van der Waals surface area contributed by atoms with E-state index in [4.69, 9.17) is 0 Å². The molecule has 0 amide bonds. The number of thioether (sulfide) groups is 1. The summed E-state index contributed by atoms with van der Waals surface area (Å²) in [7, 11) is -3.60. The van der Waals surface area contributed by atoms with Gasteiger partial charge in [0.05, 0.1) is 10.6 Å². The van der Waals surface area contributed by atoms with Crippen LogP contribution in [0.25, 0.3) is 0 Å². The maximum Gasteiger partial charge on any atom is 0.264 e. The van der Waals surface area contributed by atoms with Crippen LogP contribution in [0.15, 0.2) is 52.1 Å². The lowest BCUT2D eigenvalue weighted by Gasteiger charge is -2.21. The molecule has 1 aliphatic rings. The predicted molar refractivity (Wildman–Crippen MR) is 109 cm³/mol. The molecule has 0 bridgehead atoms. The molecule has 3 nitrogen and oxygen atoms in total. The molecule has 0 unspecified atom stereocenters. The molecule has 3 rings (SSSR count). The Balaban J connectivity index is 2.17. The van der Waals surface area contributed by atoms with Crippen LogP contribution < -0.4 is 4.31 Å². The number of fused-ring (bicyclic) bond motifs is 1. The monoisotopic (exact) mass is 383 g/mol. The lowest BCUT2D eigenvalue weighted by molar-refractivity contribution is 0.592. The van der Waals surface area contributed by atoms with Crippen LogP contribution >= 0.6 is 11.8 Å². The van der Waals surface area contributed by atoms with Crippen LogP contribution in [-0.2, 0) is 16.4 Å². The van der Waals surface area contributed by atoms with E-state index in [0.717, 1.165) is 32.8 Å². The average Bonchev–Trinajstić information content (AvgIpc) is 3.03. The average molecular weight is 384 g/mol. The summed E-state index contributed by atoms with van der Waals surface area (Å²) in [5.41, 5.74) is 4.80. The van der Waals surface area contributed by atoms with Crippen molar-refractivity contribution in [2.45, 2.75) is 37.0 Å². The van der Waals surface area contributed by atoms with E-state index in [1.165, 1.54) is 16.1 Å². The van der Waals surface area contributed by atoms with Crippen LogP contribution in [0.1, 0.15) is 29.2 Å². The molecule has 0 radical (unpaired) electrons. The van der Waals surface area contributed by atoms with E-state index in [0.29, 0.717) is 17.9 Å². The molecule has 2 aromatic rings. The van der Waals surface area contributed by atoms with Crippen LogP contribution in [0.2, 0.25) is 0 Å². The van der Waals surface area contributed by atoms with Gasteiger partial charge in [0.1, 0.15) is 0 Å². The Morgan fingerprint density at radius 1 is 1.23 bits per heavy atom. The van der Waals surface area contributed by atoms with Gasteiger partial charge in [0, 0.05) is 17.0 Å². The minimum absolute atomic E-state index is 0.317. The van der Waals surface area contributed by atoms with Gasteiger partial charge in [0.2, 0.25) is 0 Å². The molecule has 0 saturated heterocycles. The van der Waals surface area contributed by atoms with Crippen LogP contribution in [0, 0.1) is 25.7 Å². The minimum Gasteiger partial charge on any atom is -0.266 e. The summed E-state index contributed by atoms with van der Waals surface area (Å²) >= 11 is 1.49. The Morgan fingerprint density at radius 2 is 1.92 bits per heavy atom. The van der Waals surface area contributed by atoms with Gasteiger partial charge in [-0.3, -0.25) is 4.31 Å². The Bertz CT molecular complexity index is 1030. The minimum atomic E-state index is -3.60. The molecule has 134 valence electrons. The predicted octanol–water partition coefficient (Wildman–Crippen LogP) is 4.66. The van der Waals surface area contributed by atoms with E-state index in [2.05, 4.69) is 18.4 Å². The van der Waals surface area contributed by atoms with E-state index in [9.17, 15) is 8.42 Å². The van der Waals surface area contributed by atoms with Crippen molar-refractivity contribution in [2.75, 3.05) is 10.8 Å². The summed E-state index contributed by atoms with van der Waals surface area (Å²) in [5.74, 6) is 6.14. The molecule has 0 spiro atoms. The van der Waals surface area contributed by atoms with Crippen molar-refractivity contribution in [3.05, 3.63) is 64.6 Å². The van der Waals surface area contributed by atoms with Crippen molar-refractivity contribution >= 4 is 27.5 Å². The molecule has 2 aromatic carbocycles. The summed E-state index contributed by atoms with van der Waals surface area (Å²) in [4.78, 5) is 1.31. The molecule has 26 heavy (non-hydrogen) atoms. The van der Waals surface area contributed by atoms with Gasteiger partial charge in [-0.25, -0.2) is 8.42 Å². The molecular weight excluding hydrogens is 362 g/mol. The highest BCUT2D eigenvalue weighted by atomic mass is 32.2. The maximum absolute atomic E-state index is 13.2. The number of benzene rings is 2. The van der Waals surface area contributed by atoms with Gasteiger partial charge in [0.15, 0.2) is 0 Å². The van der Waals surface area contributed by atoms with Crippen LogP contribution in [0.5, 0.6) is 0 Å². The molecule has 0 saturated carbocycles. The first-order valence-corrected chi connectivity index (χ1v) is 10.7. The van der Waals surface area contributed by atoms with Crippen molar-refractivity contribution < 1.29 is 8.42 Å². The van der Waals surface area contributed by atoms with Gasteiger partial charge in [-0.2, -0.15) is 0 Å². The second-order valence-electron chi connectivity index (χ2n) is 6.17. The maximum atomic E-state index is 13.2. The summed E-state index contributed by atoms with van der Waals surface area (Å²) in [6.07, 6.45) is 0.671. The number of nitrogens with zero attached hydrogens (tertiary/aromatic N) is 1. The number of rotatable bonds is 4. The highest BCUT2D eigenvalue weighted by Crippen LogP contribution is 2.40. The lowest BCUT2D eigenvalue weighted by atomic mass is 10.00. The fraction of sp³-hybridized carbons (Fsp3) is 0.238. The Kier molecular flexibility index (Phi) is 5.17. The van der Waals surface area contributed by atoms with Gasteiger partial charge in [-0.15, -0.1) is 5.92 Å². The number of anilines is 1. The molecule has 0 aliphatic carbocycles. The molecule has 1 heterocycles. The Morgan fingerprint density at radius 3 is 2.54 bits per heavy atom. The number of aryl methyl sites for hydroxylation is 1. The second-order valence-corrected chi connectivity index (χ2v) is 9.04. The van der Waals surface area contributed by atoms with Crippen molar-refractivity contribution in [1.82, 2.24) is 0 Å². The first-order chi connectivity index (χ1) is 12.4. The second kappa shape index (κ2) is 7.22. The van der Waals surface area contributed by atoms with Gasteiger partial charge in [-0.1, -0.05) is 42.0 Å². The zero-order chi connectivity index (χ0) is 18.9. The molecule has 1 aliphatic heterocycles. The van der Waals surface area contributed by atoms with Gasteiger partial charge in [0.25, 0.3) is 10.0 Å². The Labute approximate surface area is 160 Å². The normalized spacial score (nSPS) is 13.1. The smallest absolute Gasteiger partial charge is 0.264 e. The molecule has 0 fully saturated rings. The van der Waals surface area contributed by atoms with Gasteiger partial charge >= 0.3 is 0 Å². The van der Waals surface area contributed by atoms with E-state index in [-0.39, 0.29) is 0 Å². The van der Waals surface area contributed by atoms with Crippen molar-refractivity contribution in [2.24, 2.45) is 0 Å². The van der Waals surface area contributed by atoms with E-state index in [1.54, 1.807) is 24.5 Å². The summed E-state index contributed by atoms with van der Waals surface area (Å²) < 4.78 is 27.9. The van der Waals surface area contributed by atoms with Crippen LogP contribution in [0.4, 0.5) is 5.69 Å². The van der Waals surface area contributed by atoms with Gasteiger partial charge < -0.3 is 0 Å². The fourth-order valence-electron chi connectivity index (χ4n) is 3.20. The zero-order valence-electron chi connectivity index (χ0n) is 15.2. The highest BCUT2D eigenvalue weighted by Gasteiger charge is 2.33. The molecule has 0 aromatic heterocycles. The molecule has 0 N–H and O–H groups in total. The topological polar surface area (TPSA) is 37.4 Å². The summed E-state index contributed by atoms with van der Waals surface area (Å²) in [5, 5.41) is 1.76. The SMILES string of the molecule is C=CSc1cc2c(c(C#CC)c1C)CCN2S(=O)(=O)c1ccc(C)cc1. The summed E-state index contributed by atoms with van der Waals surface area (Å²) in [6, 6.07) is 8.95. The first-order valence-electron chi connectivity index (χ1n) is 8.36. The standard InChI is InChI=1S/C21H21NO2S2/c1-5-7-18-16(4)21(25-6-2)14-20-19(18)12-13-22(20)26(23,24)17-10-8-15(3)9-11-17/h6,8-11,14H,2,12-13H2,1,3-4H3. The zero-order valence-corrected chi connectivity index (χ0v) is 16.8. The van der Waals surface area contributed by atoms with E-state index >= 15 is 0 Å². The molecule has 0 atom stereocenters. The third-order valence-corrected chi connectivity index (χ3v) is 7.20. The third kappa shape index (κ3) is 3.15. The van der Waals surface area contributed by atoms with Crippen molar-refractivity contribution in [1.29, 1.82) is 0 Å². The summed E-state index contributed by atoms with van der Waals surface area (Å²) in [6.45, 7) is 10.00. The highest BCUT2D eigenvalue weighted by molar-refractivity contribution is 8.02. The fourth-order valence-corrected chi connectivity index (χ4v) is 5.33. The largest absolute Gasteiger partial charge is 0.266 e. The number of sulfonamides is 1.